The van der Waals surface area contributed by atoms with Crippen LogP contribution in [0.3, 0.4) is 0 Å². The van der Waals surface area contributed by atoms with Crippen molar-refractivity contribution in [2.24, 2.45) is 0 Å². The quantitative estimate of drug-likeness (QED) is 0.179. The van der Waals surface area contributed by atoms with Crippen molar-refractivity contribution in [3.05, 3.63) is 182 Å². The lowest BCUT2D eigenvalue weighted by Crippen LogP contribution is -1.93. The van der Waals surface area contributed by atoms with E-state index in [1.54, 1.807) is 0 Å². The molecule has 5 heterocycles. The number of para-hydroxylation sites is 3. The summed E-state index contributed by atoms with van der Waals surface area (Å²) in [5.41, 5.74) is 12.7. The van der Waals surface area contributed by atoms with Gasteiger partial charge in [0.2, 0.25) is 0 Å². The highest BCUT2D eigenvalue weighted by atomic mass is 32.1. The average Bonchev–Trinajstić information content (AvgIpc) is 4.10. The Hall–Kier alpha value is -7.60. The third-order valence-corrected chi connectivity index (χ3v) is 13.7. The molecule has 0 atom stereocenters. The van der Waals surface area contributed by atoms with Gasteiger partial charge in [0.05, 0.1) is 32.8 Å². The molecule has 14 aromatic rings. The molecule has 0 bridgehead atoms. The molecule has 0 saturated heterocycles. The predicted octanol–water partition coefficient (Wildman–Crippen LogP) is 15.7. The van der Waals surface area contributed by atoms with Gasteiger partial charge in [0.25, 0.3) is 0 Å². The molecule has 0 aliphatic rings. The normalized spacial score (nSPS) is 12.4. The maximum absolute atomic E-state index is 7.31. The van der Waals surface area contributed by atoms with Gasteiger partial charge in [-0.2, -0.15) is 0 Å². The Labute approximate surface area is 339 Å². The third kappa shape index (κ3) is 4.26. The zero-order valence-corrected chi connectivity index (χ0v) is 32.3. The molecule has 0 amide bonds. The zero-order chi connectivity index (χ0) is 38.3. The monoisotopic (exact) mass is 770 g/mol. The van der Waals surface area contributed by atoms with E-state index in [1.807, 2.05) is 23.5 Å². The standard InChI is InChI=1S/C54H30N2O2S/c1-2-10-33(11-3-1)55-44-23-18-31(32-19-26-48-40(28-32)35-12-5-8-16-47(35)57-48)29-42(44)52-46(55)25-22-38-37-21-24-45-51(53(37)58-54(38)52)39-14-4-7-15-43(39)56(45)34-20-27-50-41(30-34)36-13-6-9-17-49(36)59-50/h1-30H. The number of thiophene rings is 1. The first-order valence-corrected chi connectivity index (χ1v) is 20.8. The second kappa shape index (κ2) is 11.5. The topological polar surface area (TPSA) is 36.1 Å². The van der Waals surface area contributed by atoms with Crippen LogP contribution in [-0.2, 0) is 0 Å². The van der Waals surface area contributed by atoms with E-state index >= 15 is 0 Å². The van der Waals surface area contributed by atoms with E-state index in [1.165, 1.54) is 25.6 Å². The summed E-state index contributed by atoms with van der Waals surface area (Å²) in [6.07, 6.45) is 0. The fraction of sp³-hybridized carbons (Fsp3) is 0. The molecule has 0 N–H and O–H groups in total. The van der Waals surface area contributed by atoms with Crippen molar-refractivity contribution in [3.8, 4) is 22.5 Å². The molecule has 14 rings (SSSR count). The smallest absolute Gasteiger partial charge is 0.145 e. The van der Waals surface area contributed by atoms with Crippen LogP contribution in [0.1, 0.15) is 0 Å². The molecule has 0 radical (unpaired) electrons. The Morgan fingerprint density at radius 2 is 0.915 bits per heavy atom. The van der Waals surface area contributed by atoms with Crippen LogP contribution < -0.4 is 0 Å². The second-order valence-electron chi connectivity index (χ2n) is 15.6. The van der Waals surface area contributed by atoms with Crippen LogP contribution >= 0.6 is 11.3 Å². The fourth-order valence-corrected chi connectivity index (χ4v) is 11.0. The van der Waals surface area contributed by atoms with E-state index in [-0.39, 0.29) is 0 Å². The highest BCUT2D eigenvalue weighted by Crippen LogP contribution is 2.46. The van der Waals surface area contributed by atoms with Gasteiger partial charge in [-0.15, -0.1) is 11.3 Å². The number of rotatable bonds is 3. The summed E-state index contributed by atoms with van der Waals surface area (Å²) < 4.78 is 20.9. The van der Waals surface area contributed by atoms with Gasteiger partial charge in [-0.1, -0.05) is 84.9 Å². The highest BCUT2D eigenvalue weighted by Gasteiger charge is 2.23. The van der Waals surface area contributed by atoms with Gasteiger partial charge in [0.1, 0.15) is 22.3 Å². The summed E-state index contributed by atoms with van der Waals surface area (Å²) in [7, 11) is 0. The lowest BCUT2D eigenvalue weighted by atomic mass is 10.00. The Bertz CT molecular complexity index is 4080. The molecule has 9 aromatic carbocycles. The summed E-state index contributed by atoms with van der Waals surface area (Å²) in [6, 6.07) is 65.7. The minimum absolute atomic E-state index is 0.897. The molecular weight excluding hydrogens is 741 g/mol. The highest BCUT2D eigenvalue weighted by molar-refractivity contribution is 7.25. The summed E-state index contributed by atoms with van der Waals surface area (Å²) in [6.45, 7) is 0. The van der Waals surface area contributed by atoms with Crippen LogP contribution in [0, 0.1) is 0 Å². The molecule has 5 heteroatoms. The van der Waals surface area contributed by atoms with Crippen LogP contribution in [0.25, 0.3) is 130 Å². The number of hydrogen-bond donors (Lipinski definition) is 0. The predicted molar refractivity (Wildman–Crippen MR) is 248 cm³/mol. The van der Waals surface area contributed by atoms with Crippen LogP contribution in [0.4, 0.5) is 0 Å². The van der Waals surface area contributed by atoms with E-state index in [9.17, 15) is 0 Å². The Morgan fingerprint density at radius 1 is 0.322 bits per heavy atom. The van der Waals surface area contributed by atoms with Crippen molar-refractivity contribution in [2.45, 2.75) is 0 Å². The lowest BCUT2D eigenvalue weighted by Gasteiger charge is -2.08. The molecule has 0 aliphatic carbocycles. The van der Waals surface area contributed by atoms with Gasteiger partial charge in [-0.3, -0.25) is 0 Å². The van der Waals surface area contributed by atoms with E-state index < -0.39 is 0 Å². The number of furan rings is 2. The summed E-state index contributed by atoms with van der Waals surface area (Å²) in [5, 5.41) is 11.6. The molecule has 4 nitrogen and oxygen atoms in total. The molecule has 0 aliphatic heterocycles. The third-order valence-electron chi connectivity index (χ3n) is 12.5. The van der Waals surface area contributed by atoms with Crippen molar-refractivity contribution in [1.82, 2.24) is 9.13 Å². The first-order chi connectivity index (χ1) is 29.2. The van der Waals surface area contributed by atoms with Gasteiger partial charge < -0.3 is 18.0 Å². The van der Waals surface area contributed by atoms with Gasteiger partial charge in [0, 0.05) is 63.9 Å². The Kier molecular flexibility index (Phi) is 6.14. The number of nitrogens with zero attached hydrogens (tertiary/aromatic N) is 2. The van der Waals surface area contributed by atoms with Gasteiger partial charge in [0.15, 0.2) is 0 Å². The van der Waals surface area contributed by atoms with E-state index in [0.717, 1.165) is 105 Å². The Morgan fingerprint density at radius 3 is 1.75 bits per heavy atom. The number of hydrogen-bond acceptors (Lipinski definition) is 3. The molecule has 274 valence electrons. The first-order valence-electron chi connectivity index (χ1n) is 20.0. The van der Waals surface area contributed by atoms with Gasteiger partial charge in [-0.25, -0.2) is 0 Å². The van der Waals surface area contributed by atoms with Crippen LogP contribution in [0.15, 0.2) is 191 Å². The maximum Gasteiger partial charge on any atom is 0.145 e. The second-order valence-corrected chi connectivity index (χ2v) is 16.7. The number of fused-ring (bicyclic) bond motifs is 17. The lowest BCUT2D eigenvalue weighted by molar-refractivity contribution is 0.669. The summed E-state index contributed by atoms with van der Waals surface area (Å²) >= 11 is 1.85. The van der Waals surface area contributed by atoms with E-state index in [4.69, 9.17) is 8.83 Å². The molecular formula is C54H30N2O2S. The number of aromatic nitrogens is 2. The van der Waals surface area contributed by atoms with Gasteiger partial charge >= 0.3 is 0 Å². The van der Waals surface area contributed by atoms with Crippen molar-refractivity contribution in [1.29, 1.82) is 0 Å². The maximum atomic E-state index is 7.31. The molecule has 0 saturated carbocycles. The van der Waals surface area contributed by atoms with Crippen molar-refractivity contribution in [3.63, 3.8) is 0 Å². The van der Waals surface area contributed by atoms with Crippen molar-refractivity contribution < 1.29 is 8.83 Å². The fourth-order valence-electron chi connectivity index (χ4n) is 9.92. The SMILES string of the molecule is c1ccc(-n2c3ccc(-c4ccc5oc6ccccc6c5c4)cc3c3c4oc5c(ccc6c5c5ccccc5n6-c5ccc6sc7ccccc7c6c5)c4ccc32)cc1. The summed E-state index contributed by atoms with van der Waals surface area (Å²) in [4.78, 5) is 0. The largest absolute Gasteiger partial charge is 0.456 e. The van der Waals surface area contributed by atoms with E-state index in [2.05, 4.69) is 179 Å². The average molecular weight is 771 g/mol. The van der Waals surface area contributed by atoms with Gasteiger partial charge in [-0.05, 0) is 108 Å². The van der Waals surface area contributed by atoms with Crippen LogP contribution in [-0.4, -0.2) is 9.13 Å². The van der Waals surface area contributed by atoms with Crippen molar-refractivity contribution >= 4 is 119 Å². The van der Waals surface area contributed by atoms with E-state index in [0.29, 0.717) is 0 Å². The first kappa shape index (κ1) is 31.5. The summed E-state index contributed by atoms with van der Waals surface area (Å²) in [5.74, 6) is 0. The molecule has 0 unspecified atom stereocenters. The van der Waals surface area contributed by atoms with Crippen LogP contribution in [0.2, 0.25) is 0 Å². The molecule has 0 spiro atoms. The van der Waals surface area contributed by atoms with Crippen LogP contribution in [0.5, 0.6) is 0 Å². The molecule has 0 fully saturated rings. The van der Waals surface area contributed by atoms with Crippen molar-refractivity contribution in [2.75, 3.05) is 0 Å². The number of benzene rings is 9. The Balaban J connectivity index is 1.05. The minimum Gasteiger partial charge on any atom is -0.456 e. The molecule has 5 aromatic heterocycles. The minimum atomic E-state index is 0.897. The zero-order valence-electron chi connectivity index (χ0n) is 31.4. The molecule has 59 heavy (non-hydrogen) atoms.